The quantitative estimate of drug-likeness (QED) is 0.653. The van der Waals surface area contributed by atoms with Crippen LogP contribution in [0.1, 0.15) is 18.7 Å². The van der Waals surface area contributed by atoms with Crippen LogP contribution >= 0.6 is 0 Å². The highest BCUT2D eigenvalue weighted by Gasteiger charge is 2.13. The number of aromatic nitrogens is 3. The molecule has 2 heterocycles. The van der Waals surface area contributed by atoms with Crippen molar-refractivity contribution in [3.8, 4) is 0 Å². The van der Waals surface area contributed by atoms with Gasteiger partial charge in [0.1, 0.15) is 6.20 Å². The molecule has 0 radical (unpaired) electrons. The third kappa shape index (κ3) is 2.76. The third-order valence-electron chi connectivity index (χ3n) is 2.30. The molecular formula is C11H11N5O2. The molecule has 7 heteroatoms. The van der Waals surface area contributed by atoms with Gasteiger partial charge in [-0.3, -0.25) is 4.98 Å². The SMILES string of the molecule is CC(Nc1ccnc([N+](=O)[O-])n1)c1ccccn1. The van der Waals surface area contributed by atoms with E-state index in [1.807, 2.05) is 25.1 Å². The van der Waals surface area contributed by atoms with E-state index < -0.39 is 10.9 Å². The van der Waals surface area contributed by atoms with Crippen molar-refractivity contribution in [2.45, 2.75) is 13.0 Å². The minimum atomic E-state index is -0.628. The van der Waals surface area contributed by atoms with E-state index in [0.29, 0.717) is 5.82 Å². The summed E-state index contributed by atoms with van der Waals surface area (Å²) in [6.45, 7) is 1.90. The van der Waals surface area contributed by atoms with E-state index in [2.05, 4.69) is 20.3 Å². The molecule has 18 heavy (non-hydrogen) atoms. The van der Waals surface area contributed by atoms with Gasteiger partial charge in [0.25, 0.3) is 0 Å². The van der Waals surface area contributed by atoms with Crippen LogP contribution in [-0.2, 0) is 0 Å². The molecule has 0 saturated heterocycles. The van der Waals surface area contributed by atoms with Gasteiger partial charge >= 0.3 is 5.95 Å². The normalized spacial score (nSPS) is 11.8. The zero-order chi connectivity index (χ0) is 13.0. The fourth-order valence-corrected chi connectivity index (χ4v) is 1.44. The predicted molar refractivity (Wildman–Crippen MR) is 65.0 cm³/mol. The lowest BCUT2D eigenvalue weighted by Gasteiger charge is -2.11. The number of nitrogens with zero attached hydrogens (tertiary/aromatic N) is 4. The number of hydrogen-bond acceptors (Lipinski definition) is 6. The van der Waals surface area contributed by atoms with Gasteiger partial charge in [0.15, 0.2) is 0 Å². The summed E-state index contributed by atoms with van der Waals surface area (Å²) in [6, 6.07) is 7.05. The fourth-order valence-electron chi connectivity index (χ4n) is 1.44. The number of rotatable bonds is 4. The molecule has 0 aromatic carbocycles. The van der Waals surface area contributed by atoms with Gasteiger partial charge in [-0.05, 0) is 29.0 Å². The highest BCUT2D eigenvalue weighted by Crippen LogP contribution is 2.16. The fraction of sp³-hybridized carbons (Fsp3) is 0.182. The molecule has 1 atom stereocenters. The van der Waals surface area contributed by atoms with Crippen LogP contribution in [0.2, 0.25) is 0 Å². The van der Waals surface area contributed by atoms with Crippen molar-refractivity contribution < 1.29 is 4.92 Å². The summed E-state index contributed by atoms with van der Waals surface area (Å²) in [6.07, 6.45) is 3.04. The molecule has 7 nitrogen and oxygen atoms in total. The number of anilines is 1. The van der Waals surface area contributed by atoms with E-state index in [1.165, 1.54) is 6.20 Å². The first-order valence-corrected chi connectivity index (χ1v) is 5.31. The van der Waals surface area contributed by atoms with E-state index in [0.717, 1.165) is 5.69 Å². The lowest BCUT2D eigenvalue weighted by Crippen LogP contribution is -2.10. The van der Waals surface area contributed by atoms with Gasteiger partial charge < -0.3 is 15.4 Å². The zero-order valence-corrected chi connectivity index (χ0v) is 9.65. The Kier molecular flexibility index (Phi) is 3.42. The number of hydrogen-bond donors (Lipinski definition) is 1. The van der Waals surface area contributed by atoms with E-state index in [9.17, 15) is 10.1 Å². The maximum atomic E-state index is 10.5. The summed E-state index contributed by atoms with van der Waals surface area (Å²) in [7, 11) is 0. The Morgan fingerprint density at radius 3 is 2.78 bits per heavy atom. The van der Waals surface area contributed by atoms with E-state index in [-0.39, 0.29) is 6.04 Å². The van der Waals surface area contributed by atoms with Crippen LogP contribution < -0.4 is 5.32 Å². The maximum Gasteiger partial charge on any atom is 0.470 e. The van der Waals surface area contributed by atoms with Crippen molar-refractivity contribution in [3.63, 3.8) is 0 Å². The molecule has 0 aliphatic rings. The van der Waals surface area contributed by atoms with Gasteiger partial charge in [-0.15, -0.1) is 0 Å². The van der Waals surface area contributed by atoms with Gasteiger partial charge in [-0.25, -0.2) is 0 Å². The minimum absolute atomic E-state index is 0.0966. The molecule has 92 valence electrons. The maximum absolute atomic E-state index is 10.5. The largest absolute Gasteiger partial charge is 0.470 e. The molecule has 0 amide bonds. The van der Waals surface area contributed by atoms with Crippen molar-refractivity contribution in [1.82, 2.24) is 15.0 Å². The van der Waals surface area contributed by atoms with Crippen molar-refractivity contribution in [2.24, 2.45) is 0 Å². The molecule has 2 rings (SSSR count). The molecule has 2 aromatic rings. The zero-order valence-electron chi connectivity index (χ0n) is 9.65. The average molecular weight is 245 g/mol. The van der Waals surface area contributed by atoms with Gasteiger partial charge in [-0.1, -0.05) is 11.1 Å². The first-order valence-electron chi connectivity index (χ1n) is 5.31. The summed E-state index contributed by atoms with van der Waals surface area (Å²) in [5.74, 6) is -0.0249. The summed E-state index contributed by atoms with van der Waals surface area (Å²) in [5.41, 5.74) is 0.832. The molecule has 1 unspecified atom stereocenters. The van der Waals surface area contributed by atoms with E-state index >= 15 is 0 Å². The van der Waals surface area contributed by atoms with Crippen LogP contribution in [-0.4, -0.2) is 19.9 Å². The molecule has 1 N–H and O–H groups in total. The second-order valence-corrected chi connectivity index (χ2v) is 3.62. The van der Waals surface area contributed by atoms with E-state index in [1.54, 1.807) is 12.3 Å². The Hall–Kier alpha value is -2.57. The van der Waals surface area contributed by atoms with Crippen LogP contribution in [0.5, 0.6) is 0 Å². The van der Waals surface area contributed by atoms with Gasteiger partial charge in [-0.2, -0.15) is 0 Å². The Morgan fingerprint density at radius 1 is 1.28 bits per heavy atom. The second-order valence-electron chi connectivity index (χ2n) is 3.62. The minimum Gasteiger partial charge on any atom is -0.390 e. The lowest BCUT2D eigenvalue weighted by atomic mass is 10.2. The number of nitrogens with one attached hydrogen (secondary N) is 1. The summed E-state index contributed by atoms with van der Waals surface area (Å²) < 4.78 is 0. The van der Waals surface area contributed by atoms with E-state index in [4.69, 9.17) is 0 Å². The highest BCUT2D eigenvalue weighted by molar-refractivity contribution is 5.37. The smallest absolute Gasteiger partial charge is 0.390 e. The van der Waals surface area contributed by atoms with Gasteiger partial charge in [0, 0.05) is 12.3 Å². The Balaban J connectivity index is 2.14. The summed E-state index contributed by atoms with van der Waals surface area (Å²) in [5, 5.41) is 13.6. The molecule has 0 bridgehead atoms. The van der Waals surface area contributed by atoms with Gasteiger partial charge in [0.05, 0.1) is 11.7 Å². The average Bonchev–Trinajstić information content (AvgIpc) is 2.40. The van der Waals surface area contributed by atoms with Crippen LogP contribution in [0.4, 0.5) is 11.8 Å². The molecule has 0 spiro atoms. The number of pyridine rings is 1. The van der Waals surface area contributed by atoms with Crippen LogP contribution in [0.25, 0.3) is 0 Å². The topological polar surface area (TPSA) is 93.8 Å². The monoisotopic (exact) mass is 245 g/mol. The van der Waals surface area contributed by atoms with Crippen molar-refractivity contribution in [3.05, 3.63) is 52.5 Å². The highest BCUT2D eigenvalue weighted by atomic mass is 16.6. The van der Waals surface area contributed by atoms with Crippen LogP contribution in [0.3, 0.4) is 0 Å². The first kappa shape index (κ1) is 11.9. The third-order valence-corrected chi connectivity index (χ3v) is 2.30. The number of nitro groups is 1. The van der Waals surface area contributed by atoms with Crippen LogP contribution in [0.15, 0.2) is 36.7 Å². The lowest BCUT2D eigenvalue weighted by molar-refractivity contribution is -0.394. The first-order chi connectivity index (χ1) is 8.66. The Bertz CT molecular complexity index is 546. The van der Waals surface area contributed by atoms with Crippen molar-refractivity contribution in [2.75, 3.05) is 5.32 Å². The molecule has 0 aliphatic carbocycles. The standard InChI is InChI=1S/C11H11N5O2/c1-8(9-4-2-3-6-12-9)14-10-5-7-13-11(15-10)16(17)18/h2-8H,1H3,(H,13,14,15). The van der Waals surface area contributed by atoms with Crippen molar-refractivity contribution >= 4 is 11.8 Å². The molecule has 2 aromatic heterocycles. The molecular weight excluding hydrogens is 234 g/mol. The molecule has 0 fully saturated rings. The molecule has 0 aliphatic heterocycles. The summed E-state index contributed by atoms with van der Waals surface area (Å²) >= 11 is 0. The van der Waals surface area contributed by atoms with Crippen LogP contribution in [0, 0.1) is 10.1 Å². The summed E-state index contributed by atoms with van der Waals surface area (Å²) in [4.78, 5) is 21.5. The predicted octanol–water partition coefficient (Wildman–Crippen LogP) is 1.95. The Labute approximate surface area is 103 Å². The molecule has 0 saturated carbocycles. The Morgan fingerprint density at radius 2 is 2.11 bits per heavy atom. The van der Waals surface area contributed by atoms with Gasteiger partial charge in [0.2, 0.25) is 5.82 Å². The second kappa shape index (κ2) is 5.17. The van der Waals surface area contributed by atoms with Crippen molar-refractivity contribution in [1.29, 1.82) is 0 Å².